The summed E-state index contributed by atoms with van der Waals surface area (Å²) >= 11 is 3.34. The number of pyridine rings is 1. The maximum atomic E-state index is 5.41. The Morgan fingerprint density at radius 2 is 2.29 bits per heavy atom. The van der Waals surface area contributed by atoms with E-state index in [1.807, 2.05) is 13.0 Å². The fourth-order valence-electron chi connectivity index (χ4n) is 1.17. The lowest BCUT2D eigenvalue weighted by atomic mass is 10.2. The van der Waals surface area contributed by atoms with Crippen molar-refractivity contribution in [3.63, 3.8) is 0 Å². The molecule has 3 N–H and O–H groups in total. The van der Waals surface area contributed by atoms with E-state index in [0.717, 1.165) is 15.7 Å². The second-order valence-corrected chi connectivity index (χ2v) is 3.78. The van der Waals surface area contributed by atoms with Crippen LogP contribution in [0.4, 0.5) is 5.95 Å². The highest BCUT2D eigenvalue weighted by atomic mass is 79.9. The summed E-state index contributed by atoms with van der Waals surface area (Å²) in [6, 6.07) is 1.96. The van der Waals surface area contributed by atoms with E-state index < -0.39 is 0 Å². The van der Waals surface area contributed by atoms with Crippen molar-refractivity contribution >= 4 is 21.9 Å². The van der Waals surface area contributed by atoms with Gasteiger partial charge < -0.3 is 5.73 Å². The number of aromatic nitrogens is 4. The van der Waals surface area contributed by atoms with Gasteiger partial charge >= 0.3 is 0 Å². The molecule has 0 radical (unpaired) electrons. The zero-order valence-electron chi connectivity index (χ0n) is 7.45. The van der Waals surface area contributed by atoms with Gasteiger partial charge in [-0.15, -0.1) is 5.10 Å². The first-order valence-corrected chi connectivity index (χ1v) is 4.76. The molecule has 0 fully saturated rings. The second-order valence-electron chi connectivity index (χ2n) is 2.86. The van der Waals surface area contributed by atoms with Gasteiger partial charge in [0.25, 0.3) is 0 Å². The normalized spacial score (nSPS) is 10.4. The molecule has 0 unspecified atom stereocenters. The SMILES string of the molecule is Cc1cc(Br)cnc1-c1nc(N)n[nH]1. The molecule has 2 rings (SSSR count). The molecule has 14 heavy (non-hydrogen) atoms. The molecule has 0 bridgehead atoms. The molecular formula is C8H8BrN5. The number of aromatic amines is 1. The zero-order valence-corrected chi connectivity index (χ0v) is 9.04. The summed E-state index contributed by atoms with van der Waals surface area (Å²) in [5, 5.41) is 6.46. The molecule has 0 saturated heterocycles. The van der Waals surface area contributed by atoms with E-state index in [1.165, 1.54) is 0 Å². The van der Waals surface area contributed by atoms with Crippen LogP contribution in [0.5, 0.6) is 0 Å². The number of rotatable bonds is 1. The van der Waals surface area contributed by atoms with Crippen LogP contribution in [0.25, 0.3) is 11.5 Å². The van der Waals surface area contributed by atoms with Gasteiger partial charge in [-0.3, -0.25) is 10.1 Å². The number of aryl methyl sites for hydroxylation is 1. The summed E-state index contributed by atoms with van der Waals surface area (Å²) < 4.78 is 0.936. The molecule has 2 aromatic rings. The van der Waals surface area contributed by atoms with Crippen molar-refractivity contribution in [3.8, 4) is 11.5 Å². The Hall–Kier alpha value is -1.43. The van der Waals surface area contributed by atoms with Crippen LogP contribution in [0.2, 0.25) is 0 Å². The maximum Gasteiger partial charge on any atom is 0.239 e. The number of hydrogen-bond donors (Lipinski definition) is 2. The molecule has 0 aliphatic heterocycles. The summed E-state index contributed by atoms with van der Waals surface area (Å²) in [7, 11) is 0. The molecule has 0 atom stereocenters. The van der Waals surface area contributed by atoms with Crippen LogP contribution in [-0.2, 0) is 0 Å². The van der Waals surface area contributed by atoms with Gasteiger partial charge in [-0.1, -0.05) is 0 Å². The third-order valence-electron chi connectivity index (χ3n) is 1.77. The Balaban J connectivity index is 2.52. The summed E-state index contributed by atoms with van der Waals surface area (Å²) in [4.78, 5) is 8.23. The van der Waals surface area contributed by atoms with E-state index in [2.05, 4.69) is 36.1 Å². The molecule has 72 valence electrons. The van der Waals surface area contributed by atoms with E-state index in [-0.39, 0.29) is 5.95 Å². The molecule has 6 heteroatoms. The molecule has 0 aliphatic carbocycles. The highest BCUT2D eigenvalue weighted by molar-refractivity contribution is 9.10. The van der Waals surface area contributed by atoms with Crippen LogP contribution >= 0.6 is 15.9 Å². The first-order chi connectivity index (χ1) is 6.66. The van der Waals surface area contributed by atoms with Gasteiger partial charge in [-0.05, 0) is 34.5 Å². The van der Waals surface area contributed by atoms with E-state index in [4.69, 9.17) is 5.73 Å². The summed E-state index contributed by atoms with van der Waals surface area (Å²) in [6.45, 7) is 1.95. The standard InChI is InChI=1S/C8H8BrN5/c1-4-2-5(9)3-11-6(4)7-12-8(10)14-13-7/h2-3H,1H3,(H3,10,12,13,14). The maximum absolute atomic E-state index is 5.41. The minimum Gasteiger partial charge on any atom is -0.366 e. The summed E-state index contributed by atoms with van der Waals surface area (Å²) in [5.74, 6) is 0.816. The lowest BCUT2D eigenvalue weighted by Crippen LogP contribution is -1.90. The predicted octanol–water partition coefficient (Wildman–Crippen LogP) is 1.52. The number of nitrogen functional groups attached to an aromatic ring is 1. The minimum absolute atomic E-state index is 0.226. The van der Waals surface area contributed by atoms with Crippen molar-refractivity contribution in [1.82, 2.24) is 20.2 Å². The van der Waals surface area contributed by atoms with Gasteiger partial charge in [0.15, 0.2) is 5.82 Å². The van der Waals surface area contributed by atoms with E-state index in [9.17, 15) is 0 Å². The summed E-state index contributed by atoms with van der Waals surface area (Å²) in [6.07, 6.45) is 1.71. The minimum atomic E-state index is 0.226. The molecule has 0 spiro atoms. The molecule has 5 nitrogen and oxygen atoms in total. The Kier molecular flexibility index (Phi) is 2.20. The topological polar surface area (TPSA) is 80.5 Å². The van der Waals surface area contributed by atoms with Crippen molar-refractivity contribution < 1.29 is 0 Å². The van der Waals surface area contributed by atoms with Gasteiger partial charge in [-0.25, -0.2) is 0 Å². The van der Waals surface area contributed by atoms with Crippen molar-refractivity contribution in [3.05, 3.63) is 22.3 Å². The monoisotopic (exact) mass is 253 g/mol. The fraction of sp³-hybridized carbons (Fsp3) is 0.125. The van der Waals surface area contributed by atoms with Gasteiger partial charge in [0.1, 0.15) is 5.69 Å². The van der Waals surface area contributed by atoms with Gasteiger partial charge in [0, 0.05) is 10.7 Å². The van der Waals surface area contributed by atoms with Crippen LogP contribution in [0.1, 0.15) is 5.56 Å². The molecule has 2 heterocycles. The Morgan fingerprint density at radius 3 is 2.86 bits per heavy atom. The van der Waals surface area contributed by atoms with E-state index >= 15 is 0 Å². The quantitative estimate of drug-likeness (QED) is 0.808. The average molecular weight is 254 g/mol. The first-order valence-electron chi connectivity index (χ1n) is 3.97. The largest absolute Gasteiger partial charge is 0.366 e. The summed E-state index contributed by atoms with van der Waals surface area (Å²) in [5.41, 5.74) is 7.18. The van der Waals surface area contributed by atoms with Crippen LogP contribution in [0.3, 0.4) is 0 Å². The smallest absolute Gasteiger partial charge is 0.239 e. The third kappa shape index (κ3) is 1.60. The Labute approximate surface area is 88.9 Å². The van der Waals surface area contributed by atoms with Crippen molar-refractivity contribution in [2.45, 2.75) is 6.92 Å². The van der Waals surface area contributed by atoms with E-state index in [0.29, 0.717) is 5.82 Å². The molecule has 2 aromatic heterocycles. The van der Waals surface area contributed by atoms with Gasteiger partial charge in [0.2, 0.25) is 5.95 Å². The van der Waals surface area contributed by atoms with Crippen molar-refractivity contribution in [2.75, 3.05) is 5.73 Å². The predicted molar refractivity (Wildman–Crippen MR) is 56.5 cm³/mol. The molecule has 0 amide bonds. The molecule has 0 aromatic carbocycles. The van der Waals surface area contributed by atoms with Crippen molar-refractivity contribution in [2.24, 2.45) is 0 Å². The van der Waals surface area contributed by atoms with Crippen molar-refractivity contribution in [1.29, 1.82) is 0 Å². The number of nitrogens with two attached hydrogens (primary N) is 1. The Morgan fingerprint density at radius 1 is 1.50 bits per heavy atom. The number of hydrogen-bond acceptors (Lipinski definition) is 4. The van der Waals surface area contributed by atoms with Crippen LogP contribution in [-0.4, -0.2) is 20.2 Å². The fourth-order valence-corrected chi connectivity index (χ4v) is 1.61. The molecule has 0 saturated carbocycles. The first kappa shape index (κ1) is 9.14. The number of anilines is 1. The average Bonchev–Trinajstić information content (AvgIpc) is 2.51. The third-order valence-corrected chi connectivity index (χ3v) is 2.21. The van der Waals surface area contributed by atoms with E-state index in [1.54, 1.807) is 6.20 Å². The highest BCUT2D eigenvalue weighted by Crippen LogP contribution is 2.20. The molecular weight excluding hydrogens is 246 g/mol. The number of H-pyrrole nitrogens is 1. The highest BCUT2D eigenvalue weighted by Gasteiger charge is 2.07. The van der Waals surface area contributed by atoms with Gasteiger partial charge in [0.05, 0.1) is 0 Å². The zero-order chi connectivity index (χ0) is 10.1. The second kappa shape index (κ2) is 3.38. The van der Waals surface area contributed by atoms with Crippen LogP contribution < -0.4 is 5.73 Å². The van der Waals surface area contributed by atoms with Crippen LogP contribution in [0, 0.1) is 6.92 Å². The lowest BCUT2D eigenvalue weighted by Gasteiger charge is -2.00. The number of nitrogens with zero attached hydrogens (tertiary/aromatic N) is 3. The Bertz CT molecular complexity index is 465. The number of halogens is 1. The molecule has 0 aliphatic rings. The lowest BCUT2D eigenvalue weighted by molar-refractivity contribution is 1.08. The number of nitrogens with one attached hydrogen (secondary N) is 1. The van der Waals surface area contributed by atoms with Gasteiger partial charge in [-0.2, -0.15) is 4.98 Å². The van der Waals surface area contributed by atoms with Crippen LogP contribution in [0.15, 0.2) is 16.7 Å².